The Bertz CT molecular complexity index is 439. The Morgan fingerprint density at radius 3 is 2.28 bits per heavy atom. The van der Waals surface area contributed by atoms with Crippen LogP contribution in [0, 0.1) is 0 Å². The Morgan fingerprint density at radius 1 is 1.11 bits per heavy atom. The van der Waals surface area contributed by atoms with Crippen molar-refractivity contribution >= 4 is 11.9 Å². The van der Waals surface area contributed by atoms with Crippen molar-refractivity contribution in [1.29, 1.82) is 0 Å². The van der Waals surface area contributed by atoms with Gasteiger partial charge >= 0.3 is 11.9 Å². The minimum absolute atomic E-state index is 0.0465. The van der Waals surface area contributed by atoms with Crippen LogP contribution in [0.1, 0.15) is 24.0 Å². The summed E-state index contributed by atoms with van der Waals surface area (Å²) in [4.78, 5) is 21.0. The molecule has 0 amide bonds. The standard InChI is InChI=1S/C13H16O5/c1-18-11-8-9(3-6-12(14)15)2-4-10(11)5-7-13(16)17/h2,4,8H,3,5-7H2,1H3,(H,14,15)(H,16,17). The summed E-state index contributed by atoms with van der Waals surface area (Å²) in [6.07, 6.45) is 0.949. The van der Waals surface area contributed by atoms with Gasteiger partial charge in [0.1, 0.15) is 5.75 Å². The van der Waals surface area contributed by atoms with Crippen LogP contribution in [0.25, 0.3) is 0 Å². The molecule has 0 aromatic heterocycles. The van der Waals surface area contributed by atoms with E-state index < -0.39 is 11.9 Å². The molecule has 0 atom stereocenters. The molecule has 18 heavy (non-hydrogen) atoms. The third-order valence-corrected chi connectivity index (χ3v) is 2.59. The molecule has 0 spiro atoms. The molecule has 0 unspecified atom stereocenters. The van der Waals surface area contributed by atoms with Crippen molar-refractivity contribution in [2.24, 2.45) is 0 Å². The van der Waals surface area contributed by atoms with Gasteiger partial charge in [0.15, 0.2) is 0 Å². The molecule has 1 aromatic carbocycles. The van der Waals surface area contributed by atoms with Gasteiger partial charge in [-0.05, 0) is 30.0 Å². The molecule has 1 aromatic rings. The van der Waals surface area contributed by atoms with Gasteiger partial charge in [-0.25, -0.2) is 0 Å². The lowest BCUT2D eigenvalue weighted by Crippen LogP contribution is -2.01. The zero-order chi connectivity index (χ0) is 13.5. The first-order chi connectivity index (χ1) is 8.52. The topological polar surface area (TPSA) is 83.8 Å². The number of hydrogen-bond donors (Lipinski definition) is 2. The van der Waals surface area contributed by atoms with E-state index in [2.05, 4.69) is 0 Å². The minimum atomic E-state index is -0.855. The van der Waals surface area contributed by atoms with Crippen molar-refractivity contribution in [3.05, 3.63) is 29.3 Å². The second kappa shape index (κ2) is 6.64. The lowest BCUT2D eigenvalue weighted by molar-refractivity contribution is -0.138. The fraction of sp³-hybridized carbons (Fsp3) is 0.385. The number of hydrogen-bond acceptors (Lipinski definition) is 3. The molecule has 1 rings (SSSR count). The molecule has 0 radical (unpaired) electrons. The van der Waals surface area contributed by atoms with Gasteiger partial charge in [0.05, 0.1) is 7.11 Å². The van der Waals surface area contributed by atoms with E-state index in [4.69, 9.17) is 14.9 Å². The second-order valence-electron chi connectivity index (χ2n) is 3.93. The van der Waals surface area contributed by atoms with Crippen molar-refractivity contribution in [2.75, 3.05) is 7.11 Å². The van der Waals surface area contributed by atoms with Crippen molar-refractivity contribution in [3.63, 3.8) is 0 Å². The summed E-state index contributed by atoms with van der Waals surface area (Å²) < 4.78 is 5.18. The van der Waals surface area contributed by atoms with Gasteiger partial charge in [-0.1, -0.05) is 12.1 Å². The Kier molecular flexibility index (Phi) is 5.17. The SMILES string of the molecule is COc1cc(CCC(=O)O)ccc1CCC(=O)O. The summed E-state index contributed by atoms with van der Waals surface area (Å²) in [6, 6.07) is 5.36. The lowest BCUT2D eigenvalue weighted by atomic mass is 10.0. The van der Waals surface area contributed by atoms with E-state index in [0.29, 0.717) is 18.6 Å². The van der Waals surface area contributed by atoms with Gasteiger partial charge in [-0.2, -0.15) is 0 Å². The molecule has 0 saturated carbocycles. The van der Waals surface area contributed by atoms with Gasteiger partial charge in [0.25, 0.3) is 0 Å². The number of aryl methyl sites for hydroxylation is 2. The number of benzene rings is 1. The third kappa shape index (κ3) is 4.45. The highest BCUT2D eigenvalue weighted by molar-refractivity contribution is 5.67. The summed E-state index contributed by atoms with van der Waals surface area (Å²) in [5.74, 6) is -1.09. The Morgan fingerprint density at radius 2 is 1.72 bits per heavy atom. The van der Waals surface area contributed by atoms with Gasteiger partial charge < -0.3 is 14.9 Å². The van der Waals surface area contributed by atoms with Gasteiger partial charge in [-0.15, -0.1) is 0 Å². The van der Waals surface area contributed by atoms with Gasteiger partial charge in [-0.3, -0.25) is 9.59 Å². The summed E-state index contributed by atoms with van der Waals surface area (Å²) in [5, 5.41) is 17.2. The highest BCUT2D eigenvalue weighted by atomic mass is 16.5. The smallest absolute Gasteiger partial charge is 0.303 e. The van der Waals surface area contributed by atoms with Crippen LogP contribution < -0.4 is 4.74 Å². The van der Waals surface area contributed by atoms with Crippen LogP contribution in [-0.4, -0.2) is 29.3 Å². The van der Waals surface area contributed by atoms with Crippen LogP contribution in [0.2, 0.25) is 0 Å². The fourth-order valence-corrected chi connectivity index (χ4v) is 1.64. The predicted octanol–water partition coefficient (Wildman–Crippen LogP) is 1.73. The number of carbonyl (C=O) groups is 2. The third-order valence-electron chi connectivity index (χ3n) is 2.59. The predicted molar refractivity (Wildman–Crippen MR) is 64.9 cm³/mol. The van der Waals surface area contributed by atoms with Crippen LogP contribution in [0.15, 0.2) is 18.2 Å². The van der Waals surface area contributed by atoms with Crippen molar-refractivity contribution in [2.45, 2.75) is 25.7 Å². The second-order valence-corrected chi connectivity index (χ2v) is 3.93. The Labute approximate surface area is 105 Å². The monoisotopic (exact) mass is 252 g/mol. The number of ether oxygens (including phenoxy) is 1. The average molecular weight is 252 g/mol. The van der Waals surface area contributed by atoms with E-state index >= 15 is 0 Å². The molecule has 2 N–H and O–H groups in total. The largest absolute Gasteiger partial charge is 0.496 e. The Balaban J connectivity index is 2.75. The first-order valence-corrected chi connectivity index (χ1v) is 5.62. The molecular formula is C13H16O5. The van der Waals surface area contributed by atoms with Crippen LogP contribution in [0.5, 0.6) is 5.75 Å². The van der Waals surface area contributed by atoms with E-state index in [9.17, 15) is 9.59 Å². The maximum absolute atomic E-state index is 10.5. The molecule has 0 saturated heterocycles. The van der Waals surface area contributed by atoms with Crippen molar-refractivity contribution in [3.8, 4) is 5.75 Å². The van der Waals surface area contributed by atoms with Crippen LogP contribution in [0.4, 0.5) is 0 Å². The highest BCUT2D eigenvalue weighted by Crippen LogP contribution is 2.22. The Hall–Kier alpha value is -2.04. The minimum Gasteiger partial charge on any atom is -0.496 e. The first-order valence-electron chi connectivity index (χ1n) is 5.62. The molecule has 0 aliphatic rings. The van der Waals surface area contributed by atoms with E-state index in [1.54, 1.807) is 12.1 Å². The maximum atomic E-state index is 10.5. The quantitative estimate of drug-likeness (QED) is 0.772. The van der Waals surface area contributed by atoms with E-state index in [-0.39, 0.29) is 12.8 Å². The maximum Gasteiger partial charge on any atom is 0.303 e. The van der Waals surface area contributed by atoms with Crippen LogP contribution in [-0.2, 0) is 22.4 Å². The van der Waals surface area contributed by atoms with Gasteiger partial charge in [0, 0.05) is 12.8 Å². The molecule has 5 nitrogen and oxygen atoms in total. The summed E-state index contributed by atoms with van der Waals surface area (Å²) >= 11 is 0. The molecule has 0 heterocycles. The molecular weight excluding hydrogens is 236 g/mol. The van der Waals surface area contributed by atoms with E-state index in [1.165, 1.54) is 7.11 Å². The zero-order valence-electron chi connectivity index (χ0n) is 10.2. The summed E-state index contributed by atoms with van der Waals surface area (Å²) in [6.45, 7) is 0. The van der Waals surface area contributed by atoms with Crippen LogP contribution >= 0.6 is 0 Å². The number of methoxy groups -OCH3 is 1. The molecule has 0 fully saturated rings. The summed E-state index contributed by atoms with van der Waals surface area (Å²) in [5.41, 5.74) is 1.69. The van der Waals surface area contributed by atoms with Crippen molar-refractivity contribution < 1.29 is 24.5 Å². The summed E-state index contributed by atoms with van der Waals surface area (Å²) in [7, 11) is 1.51. The molecule has 5 heteroatoms. The number of aliphatic carboxylic acids is 2. The zero-order valence-corrected chi connectivity index (χ0v) is 10.2. The first kappa shape index (κ1) is 14.0. The number of carboxylic acids is 2. The normalized spacial score (nSPS) is 10.1. The van der Waals surface area contributed by atoms with Gasteiger partial charge in [0.2, 0.25) is 0 Å². The average Bonchev–Trinajstić information content (AvgIpc) is 2.34. The fourth-order valence-electron chi connectivity index (χ4n) is 1.64. The van der Waals surface area contributed by atoms with Crippen LogP contribution in [0.3, 0.4) is 0 Å². The molecule has 0 bridgehead atoms. The lowest BCUT2D eigenvalue weighted by Gasteiger charge is -2.09. The molecule has 98 valence electrons. The number of rotatable bonds is 7. The molecule has 0 aliphatic carbocycles. The van der Waals surface area contributed by atoms with E-state index in [1.807, 2.05) is 6.07 Å². The highest BCUT2D eigenvalue weighted by Gasteiger charge is 2.07. The van der Waals surface area contributed by atoms with E-state index in [0.717, 1.165) is 11.1 Å². The van der Waals surface area contributed by atoms with Crippen molar-refractivity contribution in [1.82, 2.24) is 0 Å². The molecule has 0 aliphatic heterocycles. The number of carboxylic acid groups (broad SMARTS) is 2.